The molecule has 0 amide bonds. The molecule has 0 spiro atoms. The highest BCUT2D eigenvalue weighted by Gasteiger charge is 2.83. The van der Waals surface area contributed by atoms with Crippen LogP contribution in [0.15, 0.2) is 70.5 Å². The highest BCUT2D eigenvalue weighted by Crippen LogP contribution is 2.82. The van der Waals surface area contributed by atoms with E-state index < -0.39 is 30.2 Å². The van der Waals surface area contributed by atoms with Crippen molar-refractivity contribution in [3.8, 4) is 0 Å². The molecule has 0 N–H and O–H groups in total. The Morgan fingerprint density at radius 3 is 1.30 bits per heavy atom. The number of sulfone groups is 2. The minimum atomic E-state index is -3.70. The molecule has 2 aromatic carbocycles. The zero-order chi connectivity index (χ0) is 18.6. The summed E-state index contributed by atoms with van der Waals surface area (Å²) in [6.45, 7) is 0. The van der Waals surface area contributed by atoms with Crippen LogP contribution in [0.25, 0.3) is 0 Å². The van der Waals surface area contributed by atoms with Crippen molar-refractivity contribution in [3.63, 3.8) is 0 Å². The molecule has 0 saturated heterocycles. The predicted molar refractivity (Wildman–Crippen MR) is 100 cm³/mol. The third-order valence-electron chi connectivity index (χ3n) is 7.66. The summed E-state index contributed by atoms with van der Waals surface area (Å²) in [5.41, 5.74) is 0. The van der Waals surface area contributed by atoms with Gasteiger partial charge in [0.1, 0.15) is 0 Å². The van der Waals surface area contributed by atoms with E-state index in [1.807, 2.05) is 0 Å². The van der Waals surface area contributed by atoms with Crippen molar-refractivity contribution in [2.45, 2.75) is 26.7 Å². The van der Waals surface area contributed by atoms with Crippen molar-refractivity contribution in [2.24, 2.45) is 35.5 Å². The molecule has 2 aromatic rings. The summed E-state index contributed by atoms with van der Waals surface area (Å²) in [4.78, 5) is 0.510. The van der Waals surface area contributed by atoms with Crippen LogP contribution in [-0.2, 0) is 19.7 Å². The smallest absolute Gasteiger partial charge is 0.182 e. The van der Waals surface area contributed by atoms with Crippen LogP contribution in [0.2, 0.25) is 0 Å². The minimum absolute atomic E-state index is 0.0127. The minimum Gasteiger partial charge on any atom is -0.223 e. The fraction of sp³-hybridized carbons (Fsp3) is 0.429. The molecule has 6 bridgehead atoms. The Hall–Kier alpha value is -1.66. The molecule has 5 fully saturated rings. The molecule has 6 heteroatoms. The normalized spacial score (nSPS) is 41.0. The predicted octanol–water partition coefficient (Wildman–Crippen LogP) is 2.81. The standard InChI is InChI=1S/C21H20O4S2/c22-26(23,12-7-3-1-4-8-12)20-18-15-11-14-16(18)17(14)19(15)21(20)27(24,25)13-9-5-2-6-10-13/h1-10,14-21H,11H2/t14?,15?,16-,17-,18-,19-,20-,21-/m0/s1. The van der Waals surface area contributed by atoms with Crippen molar-refractivity contribution < 1.29 is 16.8 Å². The molecule has 5 saturated carbocycles. The van der Waals surface area contributed by atoms with Crippen LogP contribution in [0, 0.1) is 35.5 Å². The Labute approximate surface area is 159 Å². The molecule has 0 aromatic heterocycles. The molecule has 0 unspecified atom stereocenters. The van der Waals surface area contributed by atoms with Gasteiger partial charge in [-0.3, -0.25) is 0 Å². The Morgan fingerprint density at radius 2 is 0.926 bits per heavy atom. The van der Waals surface area contributed by atoms with Crippen molar-refractivity contribution in [2.75, 3.05) is 0 Å². The monoisotopic (exact) mass is 400 g/mol. The second kappa shape index (κ2) is 5.03. The van der Waals surface area contributed by atoms with Gasteiger partial charge in [0.2, 0.25) is 0 Å². The van der Waals surface area contributed by atoms with Crippen molar-refractivity contribution >= 4 is 19.7 Å². The van der Waals surface area contributed by atoms with Crippen molar-refractivity contribution in [3.05, 3.63) is 60.7 Å². The maximum absolute atomic E-state index is 13.6. The van der Waals surface area contributed by atoms with E-state index in [0.717, 1.165) is 6.42 Å². The molecular formula is C21H20O4S2. The van der Waals surface area contributed by atoms with E-state index in [4.69, 9.17) is 0 Å². The molecule has 27 heavy (non-hydrogen) atoms. The van der Waals surface area contributed by atoms with Gasteiger partial charge in [-0.1, -0.05) is 36.4 Å². The first kappa shape index (κ1) is 16.3. The van der Waals surface area contributed by atoms with Crippen LogP contribution in [0.3, 0.4) is 0 Å². The van der Waals surface area contributed by atoms with E-state index in [1.165, 1.54) is 0 Å². The third-order valence-corrected chi connectivity index (χ3v) is 12.3. The van der Waals surface area contributed by atoms with Crippen molar-refractivity contribution in [1.29, 1.82) is 0 Å². The molecule has 0 heterocycles. The molecule has 4 nitrogen and oxygen atoms in total. The Balaban J connectivity index is 1.53. The van der Waals surface area contributed by atoms with Crippen LogP contribution in [0.1, 0.15) is 6.42 Å². The summed E-state index contributed by atoms with van der Waals surface area (Å²) in [6.07, 6.45) is 1.02. The van der Waals surface area contributed by atoms with Crippen LogP contribution in [-0.4, -0.2) is 27.3 Å². The average Bonchev–Trinajstić information content (AvgIpc) is 3.02. The second-order valence-corrected chi connectivity index (χ2v) is 12.7. The lowest BCUT2D eigenvalue weighted by atomic mass is 10.00. The van der Waals surface area contributed by atoms with Crippen LogP contribution < -0.4 is 0 Å². The number of hydrogen-bond donors (Lipinski definition) is 0. The highest BCUT2D eigenvalue weighted by molar-refractivity contribution is 7.96. The van der Waals surface area contributed by atoms with Gasteiger partial charge in [0.05, 0.1) is 20.3 Å². The maximum atomic E-state index is 13.6. The van der Waals surface area contributed by atoms with Gasteiger partial charge in [-0.25, -0.2) is 16.8 Å². The molecule has 6 atom stereocenters. The highest BCUT2D eigenvalue weighted by atomic mass is 32.2. The molecule has 0 radical (unpaired) electrons. The van der Waals surface area contributed by atoms with Crippen LogP contribution in [0.5, 0.6) is 0 Å². The Kier molecular flexibility index (Phi) is 3.04. The van der Waals surface area contributed by atoms with Crippen LogP contribution >= 0.6 is 0 Å². The summed E-state index contributed by atoms with van der Waals surface area (Å²) < 4.78 is 54.3. The first-order valence-corrected chi connectivity index (χ1v) is 12.6. The average molecular weight is 401 g/mol. The summed E-state index contributed by atoms with van der Waals surface area (Å²) in [6, 6.07) is 16.8. The number of hydrogen-bond acceptors (Lipinski definition) is 4. The first-order valence-electron chi connectivity index (χ1n) is 9.52. The summed E-state index contributed by atoms with van der Waals surface area (Å²) >= 11 is 0. The van der Waals surface area contributed by atoms with E-state index in [0.29, 0.717) is 17.8 Å². The van der Waals surface area contributed by atoms with Gasteiger partial charge < -0.3 is 0 Å². The van der Waals surface area contributed by atoms with E-state index in [-0.39, 0.29) is 27.5 Å². The van der Waals surface area contributed by atoms with Crippen molar-refractivity contribution in [1.82, 2.24) is 0 Å². The number of rotatable bonds is 4. The van der Waals surface area contributed by atoms with Gasteiger partial charge in [-0.05, 0) is 66.2 Å². The fourth-order valence-corrected chi connectivity index (χ4v) is 12.2. The Bertz CT molecular complexity index is 1040. The lowest BCUT2D eigenvalue weighted by molar-refractivity contribution is 0.436. The zero-order valence-electron chi connectivity index (χ0n) is 14.5. The van der Waals surface area contributed by atoms with Crippen LogP contribution in [0.4, 0.5) is 0 Å². The van der Waals surface area contributed by atoms with E-state index in [1.54, 1.807) is 60.7 Å². The molecule has 5 aliphatic rings. The first-order chi connectivity index (χ1) is 12.9. The van der Waals surface area contributed by atoms with Gasteiger partial charge in [0.25, 0.3) is 0 Å². The molecule has 0 aliphatic heterocycles. The molecule has 7 rings (SSSR count). The quantitative estimate of drug-likeness (QED) is 0.791. The number of benzene rings is 2. The van der Waals surface area contributed by atoms with E-state index >= 15 is 0 Å². The zero-order valence-corrected chi connectivity index (χ0v) is 16.2. The Morgan fingerprint density at radius 1 is 0.556 bits per heavy atom. The fourth-order valence-electron chi connectivity index (χ4n) is 6.95. The second-order valence-electron chi connectivity index (χ2n) is 8.52. The van der Waals surface area contributed by atoms with Gasteiger partial charge in [0, 0.05) is 0 Å². The SMILES string of the molecule is O=S(=O)(c1ccccc1)[C@H]1[C@H]2C3CC4[C@H]2[C@H]4[C@H]3[C@@H]1S(=O)(=O)c1ccccc1. The van der Waals surface area contributed by atoms with Gasteiger partial charge in [0.15, 0.2) is 19.7 Å². The maximum Gasteiger partial charge on any atom is 0.182 e. The topological polar surface area (TPSA) is 68.3 Å². The molecule has 5 aliphatic carbocycles. The lowest BCUT2D eigenvalue weighted by Gasteiger charge is -2.30. The molecule has 140 valence electrons. The largest absolute Gasteiger partial charge is 0.223 e. The van der Waals surface area contributed by atoms with Gasteiger partial charge in [-0.15, -0.1) is 0 Å². The van der Waals surface area contributed by atoms with E-state index in [2.05, 4.69) is 0 Å². The lowest BCUT2D eigenvalue weighted by Crippen LogP contribution is -2.45. The molecular weight excluding hydrogens is 380 g/mol. The van der Waals surface area contributed by atoms with Gasteiger partial charge >= 0.3 is 0 Å². The van der Waals surface area contributed by atoms with Gasteiger partial charge in [-0.2, -0.15) is 0 Å². The summed E-state index contributed by atoms with van der Waals surface area (Å²) in [5.74, 6) is 1.72. The summed E-state index contributed by atoms with van der Waals surface area (Å²) in [5, 5.41) is -1.62. The summed E-state index contributed by atoms with van der Waals surface area (Å²) in [7, 11) is -7.40. The van der Waals surface area contributed by atoms with E-state index in [9.17, 15) is 16.8 Å². The third kappa shape index (κ3) is 1.88.